The Kier molecular flexibility index (Phi) is 5.08. The summed E-state index contributed by atoms with van der Waals surface area (Å²) in [6, 6.07) is 4.15. The molecule has 0 aliphatic heterocycles. The smallest absolute Gasteiger partial charge is 0.192 e. The Hall–Kier alpha value is -3.97. The minimum Gasteiger partial charge on any atom is -0.192 e. The molecule has 0 fully saturated rings. The van der Waals surface area contributed by atoms with Crippen molar-refractivity contribution in [2.45, 2.75) is 18.5 Å². The van der Waals surface area contributed by atoms with Crippen molar-refractivity contribution in [3.63, 3.8) is 0 Å². The highest BCUT2D eigenvalue weighted by atomic mass is 19.4. The van der Waals surface area contributed by atoms with E-state index < -0.39 is 68.2 Å². The summed E-state index contributed by atoms with van der Waals surface area (Å²) in [6.07, 6.45) is -18.2. The van der Waals surface area contributed by atoms with E-state index in [1.807, 2.05) is 0 Å². The van der Waals surface area contributed by atoms with Crippen LogP contribution in [0, 0.1) is 45.3 Å². The van der Waals surface area contributed by atoms with Gasteiger partial charge in [0.25, 0.3) is 0 Å². The molecule has 152 valence electrons. The second kappa shape index (κ2) is 6.82. The number of halogens is 9. The van der Waals surface area contributed by atoms with Crippen LogP contribution in [0.2, 0.25) is 0 Å². The first-order valence-electron chi connectivity index (χ1n) is 7.17. The predicted octanol–water partition coefficient (Wildman–Crippen LogP) is 5.38. The van der Waals surface area contributed by atoms with Gasteiger partial charge in [-0.25, -0.2) is 0 Å². The maximum atomic E-state index is 13.6. The van der Waals surface area contributed by atoms with E-state index in [1.54, 1.807) is 0 Å². The van der Waals surface area contributed by atoms with Crippen molar-refractivity contribution in [1.29, 1.82) is 21.0 Å². The molecule has 0 amide bonds. The van der Waals surface area contributed by atoms with Gasteiger partial charge >= 0.3 is 18.5 Å². The molecule has 0 spiro atoms. The van der Waals surface area contributed by atoms with Crippen LogP contribution in [0.3, 0.4) is 0 Å². The fourth-order valence-corrected chi connectivity index (χ4v) is 2.90. The van der Waals surface area contributed by atoms with Crippen molar-refractivity contribution in [2.24, 2.45) is 0 Å². The summed E-state index contributed by atoms with van der Waals surface area (Å²) in [5, 5.41) is 33.5. The van der Waals surface area contributed by atoms with Gasteiger partial charge in [0.2, 0.25) is 0 Å². The van der Waals surface area contributed by atoms with E-state index in [0.29, 0.717) is 0 Å². The normalized spacial score (nSPS) is 12.0. The monoisotopic (exact) mass is 432 g/mol. The quantitative estimate of drug-likeness (QED) is 0.522. The Morgan fingerprint density at radius 3 is 1.27 bits per heavy atom. The third-order valence-corrected chi connectivity index (χ3v) is 3.92. The molecule has 0 aliphatic carbocycles. The van der Waals surface area contributed by atoms with E-state index in [9.17, 15) is 44.8 Å². The SMILES string of the molecule is N#Cc1c(C#N)c(C#N)c2c(C(F)(F)F)c(C(F)(F)F)c(C(F)(F)F)cc2c1C#N. The first-order valence-corrected chi connectivity index (χ1v) is 7.17. The molecule has 0 saturated heterocycles. The molecule has 4 nitrogen and oxygen atoms in total. The van der Waals surface area contributed by atoms with Crippen molar-refractivity contribution < 1.29 is 39.5 Å². The van der Waals surface area contributed by atoms with Gasteiger partial charge in [0.15, 0.2) is 0 Å². The summed E-state index contributed by atoms with van der Waals surface area (Å²) < 4.78 is 121. The molecule has 0 saturated carbocycles. The summed E-state index contributed by atoms with van der Waals surface area (Å²) >= 11 is 0. The Morgan fingerprint density at radius 2 is 0.933 bits per heavy atom. The number of fused-ring (bicyclic) bond motifs is 1. The number of benzene rings is 2. The summed E-state index contributed by atoms with van der Waals surface area (Å²) in [4.78, 5) is 0. The van der Waals surface area contributed by atoms with E-state index in [4.69, 9.17) is 15.8 Å². The van der Waals surface area contributed by atoms with Gasteiger partial charge in [-0.15, -0.1) is 0 Å². The van der Waals surface area contributed by atoms with Crippen LogP contribution >= 0.6 is 0 Å². The molecule has 0 N–H and O–H groups in total. The van der Waals surface area contributed by atoms with Crippen molar-refractivity contribution in [3.8, 4) is 24.3 Å². The van der Waals surface area contributed by atoms with Crippen LogP contribution in [0.25, 0.3) is 10.8 Å². The van der Waals surface area contributed by atoms with Crippen molar-refractivity contribution >= 4 is 10.8 Å². The average molecular weight is 432 g/mol. The fraction of sp³-hybridized carbons (Fsp3) is 0.176. The molecule has 0 aromatic heterocycles. The van der Waals surface area contributed by atoms with Gasteiger partial charge in [0.05, 0.1) is 38.9 Å². The van der Waals surface area contributed by atoms with E-state index in [0.717, 1.165) is 18.2 Å². The zero-order chi connectivity index (χ0) is 23.2. The summed E-state index contributed by atoms with van der Waals surface area (Å²) in [6.45, 7) is 0. The number of nitrogens with zero attached hydrogens (tertiary/aromatic N) is 4. The molecule has 2 aromatic rings. The van der Waals surface area contributed by atoms with Crippen LogP contribution in [0.5, 0.6) is 0 Å². The minimum absolute atomic E-state index is 0.380. The van der Waals surface area contributed by atoms with Crippen LogP contribution in [0.4, 0.5) is 39.5 Å². The Morgan fingerprint density at radius 1 is 0.533 bits per heavy atom. The van der Waals surface area contributed by atoms with Gasteiger partial charge in [0, 0.05) is 10.8 Å². The van der Waals surface area contributed by atoms with Crippen LogP contribution < -0.4 is 0 Å². The van der Waals surface area contributed by atoms with Gasteiger partial charge in [-0.2, -0.15) is 60.6 Å². The molecular weight excluding hydrogens is 431 g/mol. The lowest BCUT2D eigenvalue weighted by molar-refractivity contribution is -0.173. The topological polar surface area (TPSA) is 95.2 Å². The number of hydrogen-bond donors (Lipinski definition) is 0. The maximum Gasteiger partial charge on any atom is 0.417 e. The first kappa shape index (κ1) is 22.3. The highest BCUT2D eigenvalue weighted by Crippen LogP contribution is 2.51. The van der Waals surface area contributed by atoms with Crippen molar-refractivity contribution in [2.75, 3.05) is 0 Å². The molecule has 30 heavy (non-hydrogen) atoms. The Balaban J connectivity index is 3.56. The number of rotatable bonds is 0. The van der Waals surface area contributed by atoms with Crippen LogP contribution in [0.1, 0.15) is 38.9 Å². The van der Waals surface area contributed by atoms with Crippen molar-refractivity contribution in [3.05, 3.63) is 45.0 Å². The lowest BCUT2D eigenvalue weighted by atomic mass is 9.84. The molecule has 0 aliphatic rings. The van der Waals surface area contributed by atoms with Crippen LogP contribution in [-0.4, -0.2) is 0 Å². The maximum absolute atomic E-state index is 13.6. The molecular formula is C17HF9N4. The largest absolute Gasteiger partial charge is 0.417 e. The zero-order valence-corrected chi connectivity index (χ0v) is 13.8. The average Bonchev–Trinajstić information content (AvgIpc) is 2.61. The van der Waals surface area contributed by atoms with Crippen molar-refractivity contribution in [1.82, 2.24) is 0 Å². The molecule has 0 unspecified atom stereocenters. The third kappa shape index (κ3) is 3.31. The lowest BCUT2D eigenvalue weighted by Gasteiger charge is -2.24. The van der Waals surface area contributed by atoms with E-state index in [1.165, 1.54) is 6.07 Å². The molecule has 13 heteroatoms. The first-order chi connectivity index (χ1) is 13.6. The summed E-state index contributed by atoms with van der Waals surface area (Å²) in [5.41, 5.74) is -13.6. The molecule has 0 heterocycles. The molecule has 0 atom stereocenters. The number of hydrogen-bond acceptors (Lipinski definition) is 4. The van der Waals surface area contributed by atoms with Gasteiger partial charge in [0.1, 0.15) is 24.3 Å². The van der Waals surface area contributed by atoms with E-state index in [-0.39, 0.29) is 6.07 Å². The van der Waals surface area contributed by atoms with Crippen LogP contribution in [0.15, 0.2) is 6.07 Å². The standard InChI is InChI=1S/C17HF9N4/c18-15(19,20)11-1-6-7(2-27)8(3-28)9(4-29)10(5-30)12(6)14(17(24,25)26)13(11)16(21,22)23/h1H. The van der Waals surface area contributed by atoms with Gasteiger partial charge < -0.3 is 0 Å². The molecule has 0 radical (unpaired) electrons. The molecule has 2 aromatic carbocycles. The summed E-state index contributed by atoms with van der Waals surface area (Å²) in [7, 11) is 0. The highest BCUT2D eigenvalue weighted by molar-refractivity contribution is 6.00. The fourth-order valence-electron chi connectivity index (χ4n) is 2.90. The van der Waals surface area contributed by atoms with Gasteiger partial charge in [-0.1, -0.05) is 0 Å². The minimum atomic E-state index is -6.18. The number of nitriles is 4. The third-order valence-electron chi connectivity index (χ3n) is 3.92. The second-order valence-corrected chi connectivity index (χ2v) is 5.54. The molecule has 0 bridgehead atoms. The molecule has 2 rings (SSSR count). The zero-order valence-electron chi connectivity index (χ0n) is 13.8. The second-order valence-electron chi connectivity index (χ2n) is 5.54. The number of alkyl halides is 9. The van der Waals surface area contributed by atoms with E-state index in [2.05, 4.69) is 0 Å². The van der Waals surface area contributed by atoms with E-state index >= 15 is 0 Å². The Labute approximate surface area is 160 Å². The van der Waals surface area contributed by atoms with Gasteiger partial charge in [-0.05, 0) is 6.07 Å². The lowest BCUT2D eigenvalue weighted by Crippen LogP contribution is -2.24. The predicted molar refractivity (Wildman–Crippen MR) is 77.8 cm³/mol. The Bertz CT molecular complexity index is 1240. The highest BCUT2D eigenvalue weighted by Gasteiger charge is 2.52. The van der Waals surface area contributed by atoms with Gasteiger partial charge in [-0.3, -0.25) is 0 Å². The summed E-state index contributed by atoms with van der Waals surface area (Å²) in [5.74, 6) is 0. The van der Waals surface area contributed by atoms with Crippen LogP contribution in [-0.2, 0) is 18.5 Å².